The molecule has 2 aromatic rings. The lowest BCUT2D eigenvalue weighted by atomic mass is 9.94. The van der Waals surface area contributed by atoms with E-state index in [-0.39, 0.29) is 24.1 Å². The minimum Gasteiger partial charge on any atom is -0.443 e. The van der Waals surface area contributed by atoms with Gasteiger partial charge >= 0.3 is 6.09 Å². The standard InChI is InChI=1S/C24H29N3O4/c1-16(27-13-12-24(31-23(27)30)11-10-20(28)14-24)17-4-6-18(7-5-17)19-8-9-21(25-15-19)22(29)26(2)3/h4-9,15-16,20,28H,10-14H2,1-3H3/t16?,20-,24+/m1/s1. The van der Waals surface area contributed by atoms with Crippen LogP contribution in [-0.4, -0.2) is 64.2 Å². The molecule has 1 aliphatic heterocycles. The fourth-order valence-corrected chi connectivity index (χ4v) is 4.50. The molecule has 1 saturated carbocycles. The van der Waals surface area contributed by atoms with Crippen molar-refractivity contribution < 1.29 is 19.4 Å². The average molecular weight is 424 g/mol. The molecule has 2 amide bonds. The second-order valence-corrected chi connectivity index (χ2v) is 8.82. The second-order valence-electron chi connectivity index (χ2n) is 8.82. The van der Waals surface area contributed by atoms with Crippen LogP contribution in [0.5, 0.6) is 0 Å². The average Bonchev–Trinajstić information content (AvgIpc) is 3.12. The first-order valence-electron chi connectivity index (χ1n) is 10.7. The molecular formula is C24H29N3O4. The lowest BCUT2D eigenvalue weighted by Crippen LogP contribution is -2.49. The van der Waals surface area contributed by atoms with Gasteiger partial charge in [-0.2, -0.15) is 0 Å². The van der Waals surface area contributed by atoms with E-state index in [0.29, 0.717) is 25.1 Å². The van der Waals surface area contributed by atoms with Crippen LogP contribution in [-0.2, 0) is 4.74 Å². The summed E-state index contributed by atoms with van der Waals surface area (Å²) in [6, 6.07) is 11.5. The maximum atomic E-state index is 12.7. The highest BCUT2D eigenvalue weighted by atomic mass is 16.6. The molecule has 1 N–H and O–H groups in total. The maximum absolute atomic E-state index is 12.7. The van der Waals surface area contributed by atoms with Crippen LogP contribution in [0.1, 0.15) is 54.7 Å². The van der Waals surface area contributed by atoms with E-state index in [1.165, 1.54) is 4.90 Å². The van der Waals surface area contributed by atoms with E-state index in [0.717, 1.165) is 29.5 Å². The minimum atomic E-state index is -0.482. The second kappa shape index (κ2) is 8.30. The molecule has 2 fully saturated rings. The van der Waals surface area contributed by atoms with Crippen molar-refractivity contribution in [3.05, 3.63) is 53.9 Å². The zero-order chi connectivity index (χ0) is 22.2. The fraction of sp³-hybridized carbons (Fsp3) is 0.458. The van der Waals surface area contributed by atoms with Gasteiger partial charge in [0.05, 0.1) is 12.1 Å². The number of benzene rings is 1. The number of pyridine rings is 1. The van der Waals surface area contributed by atoms with Gasteiger partial charge in [-0.05, 0) is 37.0 Å². The Kier molecular flexibility index (Phi) is 5.71. The number of hydrogen-bond acceptors (Lipinski definition) is 5. The molecule has 7 nitrogen and oxygen atoms in total. The Bertz CT molecular complexity index is 958. The highest BCUT2D eigenvalue weighted by molar-refractivity contribution is 5.92. The zero-order valence-electron chi connectivity index (χ0n) is 18.2. The van der Waals surface area contributed by atoms with E-state index in [1.54, 1.807) is 31.3 Å². The number of aromatic nitrogens is 1. The molecule has 2 aliphatic rings. The molecule has 7 heteroatoms. The summed E-state index contributed by atoms with van der Waals surface area (Å²) in [5.74, 6) is -0.127. The summed E-state index contributed by atoms with van der Waals surface area (Å²) in [4.78, 5) is 32.2. The Morgan fingerprint density at radius 2 is 1.90 bits per heavy atom. The lowest BCUT2D eigenvalue weighted by molar-refractivity contribution is -0.0572. The molecule has 0 radical (unpaired) electrons. The summed E-state index contributed by atoms with van der Waals surface area (Å²) in [5, 5.41) is 9.84. The van der Waals surface area contributed by atoms with Crippen molar-refractivity contribution in [1.82, 2.24) is 14.8 Å². The first-order valence-corrected chi connectivity index (χ1v) is 10.7. The molecule has 31 heavy (non-hydrogen) atoms. The van der Waals surface area contributed by atoms with E-state index in [1.807, 2.05) is 37.3 Å². The monoisotopic (exact) mass is 423 g/mol. The number of aliphatic hydroxyl groups excluding tert-OH is 1. The third-order valence-corrected chi connectivity index (χ3v) is 6.47. The predicted molar refractivity (Wildman–Crippen MR) is 116 cm³/mol. The van der Waals surface area contributed by atoms with Crippen molar-refractivity contribution in [1.29, 1.82) is 0 Å². The quantitative estimate of drug-likeness (QED) is 0.812. The number of carbonyl (C=O) groups excluding carboxylic acids is 2. The first kappa shape index (κ1) is 21.3. The molecular weight excluding hydrogens is 394 g/mol. The number of rotatable bonds is 4. The van der Waals surface area contributed by atoms with E-state index in [9.17, 15) is 14.7 Å². The van der Waals surface area contributed by atoms with E-state index < -0.39 is 5.60 Å². The molecule has 1 spiro atoms. The van der Waals surface area contributed by atoms with Crippen molar-refractivity contribution in [3.8, 4) is 11.1 Å². The highest BCUT2D eigenvalue weighted by Crippen LogP contribution is 2.41. The van der Waals surface area contributed by atoms with Gasteiger partial charge in [-0.3, -0.25) is 9.78 Å². The number of hydrogen-bond donors (Lipinski definition) is 1. The molecule has 2 heterocycles. The summed E-state index contributed by atoms with van der Waals surface area (Å²) >= 11 is 0. The van der Waals surface area contributed by atoms with Crippen LogP contribution >= 0.6 is 0 Å². The summed E-state index contributed by atoms with van der Waals surface area (Å²) < 4.78 is 5.79. The minimum absolute atomic E-state index is 0.108. The fourth-order valence-electron chi connectivity index (χ4n) is 4.50. The van der Waals surface area contributed by atoms with Crippen LogP contribution in [0.4, 0.5) is 4.79 Å². The lowest BCUT2D eigenvalue weighted by Gasteiger charge is -2.41. The van der Waals surface area contributed by atoms with E-state index >= 15 is 0 Å². The molecule has 1 aromatic heterocycles. The number of carbonyl (C=O) groups is 2. The van der Waals surface area contributed by atoms with Crippen molar-refractivity contribution in [2.45, 2.75) is 50.4 Å². The molecule has 164 valence electrons. The van der Waals surface area contributed by atoms with Gasteiger partial charge in [-0.15, -0.1) is 0 Å². The predicted octanol–water partition coefficient (Wildman–Crippen LogP) is 3.64. The van der Waals surface area contributed by atoms with Gasteiger partial charge in [0, 0.05) is 45.2 Å². The number of nitrogens with zero attached hydrogens (tertiary/aromatic N) is 3. The van der Waals surface area contributed by atoms with Crippen LogP contribution in [0.2, 0.25) is 0 Å². The van der Waals surface area contributed by atoms with Crippen LogP contribution in [0.15, 0.2) is 42.6 Å². The van der Waals surface area contributed by atoms with Gasteiger partial charge in [0.25, 0.3) is 5.91 Å². The van der Waals surface area contributed by atoms with Crippen molar-refractivity contribution in [2.24, 2.45) is 0 Å². The van der Waals surface area contributed by atoms with Gasteiger partial charge in [-0.1, -0.05) is 30.3 Å². The summed E-state index contributed by atoms with van der Waals surface area (Å²) in [5.41, 5.74) is 2.87. The Balaban J connectivity index is 1.43. The Labute approximate surface area is 182 Å². The Morgan fingerprint density at radius 1 is 1.19 bits per heavy atom. The molecule has 0 bridgehead atoms. The van der Waals surface area contributed by atoms with Crippen LogP contribution in [0.25, 0.3) is 11.1 Å². The summed E-state index contributed by atoms with van der Waals surface area (Å²) in [6.07, 6.45) is 3.76. The van der Waals surface area contributed by atoms with Crippen LogP contribution in [0, 0.1) is 0 Å². The maximum Gasteiger partial charge on any atom is 0.410 e. The van der Waals surface area contributed by atoms with Crippen LogP contribution in [0.3, 0.4) is 0 Å². The smallest absolute Gasteiger partial charge is 0.410 e. The molecule has 4 rings (SSSR count). The molecule has 1 saturated heterocycles. The van der Waals surface area contributed by atoms with Gasteiger partial charge in [0.1, 0.15) is 11.3 Å². The van der Waals surface area contributed by atoms with Gasteiger partial charge in [0.15, 0.2) is 0 Å². The van der Waals surface area contributed by atoms with Gasteiger partial charge in [-0.25, -0.2) is 4.79 Å². The molecule has 1 aliphatic carbocycles. The first-order chi connectivity index (χ1) is 14.8. The SMILES string of the molecule is CC(c1ccc(-c2ccc(C(=O)N(C)C)nc2)cc1)N1CC[C@]2(CC[C@@H](O)C2)OC1=O. The normalized spacial score (nSPS) is 24.2. The Hall–Kier alpha value is -2.93. The van der Waals surface area contributed by atoms with E-state index in [4.69, 9.17) is 4.74 Å². The molecule has 3 atom stereocenters. The molecule has 1 unspecified atom stereocenters. The third kappa shape index (κ3) is 4.28. The summed E-state index contributed by atoms with van der Waals surface area (Å²) in [7, 11) is 3.40. The number of aliphatic hydroxyl groups is 1. The highest BCUT2D eigenvalue weighted by Gasteiger charge is 2.46. The Morgan fingerprint density at radius 3 is 2.45 bits per heavy atom. The van der Waals surface area contributed by atoms with Crippen molar-refractivity contribution >= 4 is 12.0 Å². The van der Waals surface area contributed by atoms with Crippen LogP contribution < -0.4 is 0 Å². The molecule has 1 aromatic carbocycles. The zero-order valence-corrected chi connectivity index (χ0v) is 18.2. The van der Waals surface area contributed by atoms with Gasteiger partial charge in [0.2, 0.25) is 0 Å². The van der Waals surface area contributed by atoms with Crippen molar-refractivity contribution in [3.63, 3.8) is 0 Å². The third-order valence-electron chi connectivity index (χ3n) is 6.47. The van der Waals surface area contributed by atoms with Gasteiger partial charge < -0.3 is 19.6 Å². The topological polar surface area (TPSA) is 83.0 Å². The van der Waals surface area contributed by atoms with E-state index in [2.05, 4.69) is 4.98 Å². The summed E-state index contributed by atoms with van der Waals surface area (Å²) in [6.45, 7) is 2.63. The number of amides is 2. The largest absolute Gasteiger partial charge is 0.443 e. The van der Waals surface area contributed by atoms with Crippen molar-refractivity contribution in [2.75, 3.05) is 20.6 Å². The number of ether oxygens (including phenoxy) is 1.